The lowest BCUT2D eigenvalue weighted by atomic mass is 9.87. The van der Waals surface area contributed by atoms with Crippen LogP contribution in [0.5, 0.6) is 5.75 Å². The van der Waals surface area contributed by atoms with Crippen LogP contribution in [0.3, 0.4) is 0 Å². The number of benzene rings is 1. The maximum Gasteiger partial charge on any atom is 0.225 e. The van der Waals surface area contributed by atoms with Gasteiger partial charge in [-0.3, -0.25) is 10.2 Å². The number of hydrogen-bond donors (Lipinski definition) is 3. The first-order chi connectivity index (χ1) is 16.4. The molecule has 0 aliphatic heterocycles. The van der Waals surface area contributed by atoms with E-state index in [4.69, 9.17) is 20.6 Å². The van der Waals surface area contributed by atoms with Gasteiger partial charge in [-0.1, -0.05) is 0 Å². The summed E-state index contributed by atoms with van der Waals surface area (Å²) < 4.78 is 10.8. The van der Waals surface area contributed by atoms with E-state index in [1.807, 2.05) is 20.0 Å². The van der Waals surface area contributed by atoms with Crippen molar-refractivity contribution in [3.05, 3.63) is 34.5 Å². The molecule has 3 aromatic rings. The number of nitrogens with one attached hydrogen (secondary N) is 1. The van der Waals surface area contributed by atoms with Crippen LogP contribution in [0.25, 0.3) is 10.2 Å². The fourth-order valence-corrected chi connectivity index (χ4v) is 5.70. The molecule has 0 unspecified atom stereocenters. The zero-order valence-electron chi connectivity index (χ0n) is 19.9. The fraction of sp³-hybridized carbons (Fsp3) is 0.417. The molecule has 2 heterocycles. The van der Waals surface area contributed by atoms with Gasteiger partial charge in [-0.05, 0) is 37.8 Å². The number of thiophene rings is 1. The second-order valence-electron chi connectivity index (χ2n) is 8.58. The molecule has 1 aliphatic carbocycles. The van der Waals surface area contributed by atoms with E-state index in [0.717, 1.165) is 23.1 Å². The van der Waals surface area contributed by atoms with Gasteiger partial charge in [-0.15, -0.1) is 11.3 Å². The summed E-state index contributed by atoms with van der Waals surface area (Å²) in [6.45, 7) is 2.54. The number of ether oxygens (including phenoxy) is 2. The number of likely N-dealkylation sites (N-methyl/N-ethyl adjacent to an activating group) is 1. The van der Waals surface area contributed by atoms with Gasteiger partial charge in [-0.25, -0.2) is 9.97 Å². The van der Waals surface area contributed by atoms with Crippen molar-refractivity contribution in [2.45, 2.75) is 32.3 Å². The number of aromatic nitrogens is 2. The van der Waals surface area contributed by atoms with Crippen LogP contribution >= 0.6 is 11.3 Å². The Balaban J connectivity index is 1.63. The van der Waals surface area contributed by atoms with Gasteiger partial charge in [-0.2, -0.15) is 0 Å². The molecular formula is C24H31N6O3S+. The summed E-state index contributed by atoms with van der Waals surface area (Å²) >= 11 is 1.63. The molecule has 0 radical (unpaired) electrons. The summed E-state index contributed by atoms with van der Waals surface area (Å²) in [6, 6.07) is 3.58. The van der Waals surface area contributed by atoms with Crippen LogP contribution in [0.1, 0.15) is 29.3 Å². The molecule has 0 spiro atoms. The minimum atomic E-state index is -0.0428. The van der Waals surface area contributed by atoms with Gasteiger partial charge in [0.2, 0.25) is 5.91 Å². The van der Waals surface area contributed by atoms with Crippen LogP contribution in [0.2, 0.25) is 0 Å². The number of carbonyl (C=O) groups excluding carboxylic acids is 1. The van der Waals surface area contributed by atoms with Crippen LogP contribution in [0.15, 0.2) is 18.5 Å². The van der Waals surface area contributed by atoms with Crippen molar-refractivity contribution < 1.29 is 19.7 Å². The van der Waals surface area contributed by atoms with E-state index < -0.39 is 0 Å². The van der Waals surface area contributed by atoms with Crippen molar-refractivity contribution in [3.63, 3.8) is 0 Å². The summed E-state index contributed by atoms with van der Waals surface area (Å²) in [5, 5.41) is 10.1. The molecule has 2 aromatic heterocycles. The predicted octanol–water partition coefficient (Wildman–Crippen LogP) is 1.80. The number of nitrogens with zero attached hydrogens (tertiary/aromatic N) is 3. The highest BCUT2D eigenvalue weighted by molar-refractivity contribution is 7.19. The molecule has 0 saturated carbocycles. The Morgan fingerprint density at radius 2 is 2.21 bits per heavy atom. The number of nitrogens with two attached hydrogens (primary N) is 2. The van der Waals surface area contributed by atoms with Crippen LogP contribution in [0.4, 0.5) is 17.2 Å². The average Bonchev–Trinajstić information content (AvgIpc) is 3.22. The third-order valence-corrected chi connectivity index (χ3v) is 7.50. The van der Waals surface area contributed by atoms with E-state index in [2.05, 4.69) is 15.3 Å². The van der Waals surface area contributed by atoms with Crippen LogP contribution in [-0.4, -0.2) is 60.9 Å². The Labute approximate surface area is 202 Å². The van der Waals surface area contributed by atoms with Crippen molar-refractivity contribution >= 4 is 50.9 Å². The highest BCUT2D eigenvalue weighted by Crippen LogP contribution is 2.41. The normalized spacial score (nSPS) is 16.1. The molecule has 2 atom stereocenters. The number of methoxy groups -OCH3 is 2. The summed E-state index contributed by atoms with van der Waals surface area (Å²) in [7, 11) is 5.10. The third kappa shape index (κ3) is 4.55. The van der Waals surface area contributed by atoms with E-state index >= 15 is 0 Å². The lowest BCUT2D eigenvalue weighted by molar-refractivity contribution is -0.135. The van der Waals surface area contributed by atoms with E-state index in [9.17, 15) is 4.79 Å². The summed E-state index contributed by atoms with van der Waals surface area (Å²) in [5.41, 5.74) is 9.21. The number of anilines is 3. The molecule has 0 bridgehead atoms. The van der Waals surface area contributed by atoms with Gasteiger partial charge >= 0.3 is 0 Å². The Bertz CT molecular complexity index is 1230. The second kappa shape index (κ2) is 9.94. The first-order valence-electron chi connectivity index (χ1n) is 11.2. The van der Waals surface area contributed by atoms with Crippen molar-refractivity contribution in [1.29, 1.82) is 0 Å². The van der Waals surface area contributed by atoms with Crippen molar-refractivity contribution in [1.82, 2.24) is 14.9 Å². The van der Waals surface area contributed by atoms with Gasteiger partial charge in [0.25, 0.3) is 0 Å². The van der Waals surface area contributed by atoms with Gasteiger partial charge < -0.3 is 25.4 Å². The van der Waals surface area contributed by atoms with E-state index in [1.54, 1.807) is 42.8 Å². The first kappa shape index (κ1) is 23.9. The zero-order valence-corrected chi connectivity index (χ0v) is 20.7. The number of amides is 1. The maximum absolute atomic E-state index is 13.0. The maximum atomic E-state index is 13.0. The number of aryl methyl sites for hydroxylation is 1. The number of rotatable bonds is 8. The van der Waals surface area contributed by atoms with Crippen molar-refractivity contribution in [3.8, 4) is 5.75 Å². The van der Waals surface area contributed by atoms with Gasteiger partial charge in [0, 0.05) is 43.3 Å². The highest BCUT2D eigenvalue weighted by Gasteiger charge is 2.31. The Kier molecular flexibility index (Phi) is 6.99. The van der Waals surface area contributed by atoms with Crippen molar-refractivity contribution in [2.24, 2.45) is 5.92 Å². The van der Waals surface area contributed by atoms with Gasteiger partial charge in [0.1, 0.15) is 22.7 Å². The molecule has 10 heteroatoms. The van der Waals surface area contributed by atoms with Crippen LogP contribution < -0.4 is 21.2 Å². The number of nitrogen functional groups attached to an aromatic ring is 1. The minimum absolute atomic E-state index is 0.00375. The van der Waals surface area contributed by atoms with Crippen LogP contribution in [0, 0.1) is 5.92 Å². The van der Waals surface area contributed by atoms with E-state index in [0.29, 0.717) is 41.5 Å². The minimum Gasteiger partial charge on any atom is -0.494 e. The van der Waals surface area contributed by atoms with Gasteiger partial charge in [0.05, 0.1) is 29.9 Å². The topological polar surface area (TPSA) is 128 Å². The smallest absolute Gasteiger partial charge is 0.225 e. The summed E-state index contributed by atoms with van der Waals surface area (Å²) in [5.74, 6) is 1.41. The SMILES string of the molecule is COc1cc(N)c(C=[NH2+])cc1Nc1ncnc2sc3c(c12)CC[C@H](C(=O)N(C)C[C@H](C)OC)C3. The predicted molar refractivity (Wildman–Crippen MR) is 135 cm³/mol. The molecule has 5 N–H and O–H groups in total. The third-order valence-electron chi connectivity index (χ3n) is 6.34. The second-order valence-corrected chi connectivity index (χ2v) is 9.67. The summed E-state index contributed by atoms with van der Waals surface area (Å²) in [4.78, 5) is 26.0. The zero-order chi connectivity index (χ0) is 24.4. The Morgan fingerprint density at radius 1 is 1.41 bits per heavy atom. The number of carbonyl (C=O) groups is 1. The van der Waals surface area contributed by atoms with E-state index in [1.165, 1.54) is 16.7 Å². The molecule has 0 fully saturated rings. The van der Waals surface area contributed by atoms with Crippen LogP contribution in [-0.2, 0) is 22.4 Å². The summed E-state index contributed by atoms with van der Waals surface area (Å²) in [6.07, 6.45) is 5.30. The molecule has 34 heavy (non-hydrogen) atoms. The standard InChI is InChI=1S/C24H30N6O3S/c1-13(32-3)11-30(2)24(31)14-5-6-16-20(8-14)34-23-21(16)22(27-12-28-23)29-18-7-15(10-25)17(26)9-19(18)33-4/h7,9-10,12-14,25H,5-6,8,11,26H2,1-4H3,(H,27,28,29)/p+1/t13-,14-/m0/s1. The average molecular weight is 484 g/mol. The Hall–Kier alpha value is -3.24. The van der Waals surface area contributed by atoms with Crippen molar-refractivity contribution in [2.75, 3.05) is 38.9 Å². The van der Waals surface area contributed by atoms with E-state index in [-0.39, 0.29) is 17.9 Å². The molecular weight excluding hydrogens is 452 g/mol. The van der Waals surface area contributed by atoms with Gasteiger partial charge in [0.15, 0.2) is 6.21 Å². The molecule has 180 valence electrons. The molecule has 9 nitrogen and oxygen atoms in total. The molecule has 4 rings (SSSR count). The molecule has 1 aromatic carbocycles. The highest BCUT2D eigenvalue weighted by atomic mass is 32.1. The first-order valence-corrected chi connectivity index (χ1v) is 12.0. The quantitative estimate of drug-likeness (QED) is 0.329. The fourth-order valence-electron chi connectivity index (χ4n) is 4.43. The largest absolute Gasteiger partial charge is 0.494 e. The molecule has 0 saturated heterocycles. The molecule has 1 aliphatic rings. The lowest BCUT2D eigenvalue weighted by Crippen LogP contribution is -2.39. The molecule has 1 amide bonds. The Morgan fingerprint density at radius 3 is 2.91 bits per heavy atom. The number of fused-ring (bicyclic) bond motifs is 3. The lowest BCUT2D eigenvalue weighted by Gasteiger charge is -2.28. The monoisotopic (exact) mass is 483 g/mol. The number of hydrogen-bond acceptors (Lipinski definition) is 8.